The Balaban J connectivity index is 1.60. The summed E-state index contributed by atoms with van der Waals surface area (Å²) in [6, 6.07) is 7.12. The van der Waals surface area contributed by atoms with Gasteiger partial charge in [-0.2, -0.15) is 13.2 Å². The fourth-order valence-corrected chi connectivity index (χ4v) is 4.71. The van der Waals surface area contributed by atoms with Gasteiger partial charge in [-0.15, -0.1) is 0 Å². The molecule has 0 spiro atoms. The van der Waals surface area contributed by atoms with E-state index in [-0.39, 0.29) is 33.5 Å². The van der Waals surface area contributed by atoms with E-state index in [0.717, 1.165) is 12.1 Å². The van der Waals surface area contributed by atoms with Gasteiger partial charge < -0.3 is 20.7 Å². The van der Waals surface area contributed by atoms with E-state index in [2.05, 4.69) is 16.0 Å². The summed E-state index contributed by atoms with van der Waals surface area (Å²) < 4.78 is 72.9. The van der Waals surface area contributed by atoms with Crippen LogP contribution in [0.3, 0.4) is 0 Å². The van der Waals surface area contributed by atoms with Crippen molar-refractivity contribution in [1.82, 2.24) is 5.32 Å². The summed E-state index contributed by atoms with van der Waals surface area (Å²) in [5, 5.41) is 8.58. The van der Waals surface area contributed by atoms with Gasteiger partial charge in [-0.25, -0.2) is 8.78 Å². The Morgan fingerprint density at radius 2 is 1.82 bits per heavy atom. The van der Waals surface area contributed by atoms with Crippen LogP contribution in [-0.4, -0.2) is 30.6 Å². The number of benzene rings is 3. The number of carbonyl (C=O) groups excluding carboxylic acids is 2. The maximum absolute atomic E-state index is 14.1. The number of fused-ring (bicyclic) bond motifs is 1. The Kier molecular flexibility index (Phi) is 6.31. The Hall–Kier alpha value is -3.70. The molecule has 2 amide bonds. The molecule has 0 aliphatic carbocycles. The van der Waals surface area contributed by atoms with E-state index in [9.17, 15) is 31.5 Å². The van der Waals surface area contributed by atoms with Crippen LogP contribution >= 0.6 is 11.6 Å². The first-order chi connectivity index (χ1) is 17.8. The monoisotopic (exact) mass is 551 g/mol. The van der Waals surface area contributed by atoms with E-state index in [0.29, 0.717) is 31.0 Å². The minimum absolute atomic E-state index is 0.0420. The molecule has 1 atom stereocenters. The number of ether oxygens (including phenoxy) is 1. The first kappa shape index (κ1) is 25.9. The van der Waals surface area contributed by atoms with Crippen molar-refractivity contribution in [3.05, 3.63) is 93.0 Å². The summed E-state index contributed by atoms with van der Waals surface area (Å²) in [5.41, 5.74) is -1.34. The van der Waals surface area contributed by atoms with Gasteiger partial charge in [0.15, 0.2) is 0 Å². The molecule has 2 aliphatic heterocycles. The molecular formula is C26H19ClF5N3O3. The van der Waals surface area contributed by atoms with Crippen molar-refractivity contribution >= 4 is 34.8 Å². The normalized spacial score (nSPS) is 17.9. The average Bonchev–Trinajstić information content (AvgIpc) is 3.15. The van der Waals surface area contributed by atoms with Gasteiger partial charge in [-0.3, -0.25) is 9.59 Å². The van der Waals surface area contributed by atoms with Crippen LogP contribution in [0.25, 0.3) is 0 Å². The smallest absolute Gasteiger partial charge is 0.376 e. The molecule has 3 aromatic carbocycles. The number of hydrogen-bond donors (Lipinski definition) is 3. The molecule has 0 unspecified atom stereocenters. The lowest BCUT2D eigenvalue weighted by atomic mass is 9.94. The fraction of sp³-hybridized carbons (Fsp3) is 0.231. The second-order valence-corrected chi connectivity index (χ2v) is 9.82. The Labute approximate surface area is 218 Å². The molecule has 198 valence electrons. The lowest BCUT2D eigenvalue weighted by Gasteiger charge is -2.39. The number of carbonyl (C=O) groups is 2. The molecule has 3 N–H and O–H groups in total. The summed E-state index contributed by atoms with van der Waals surface area (Å²) in [4.78, 5) is 26.0. The van der Waals surface area contributed by atoms with Crippen LogP contribution in [0, 0.1) is 11.6 Å². The van der Waals surface area contributed by atoms with Crippen LogP contribution in [0.1, 0.15) is 50.4 Å². The maximum atomic E-state index is 14.1. The maximum Gasteiger partial charge on any atom is 0.416 e. The third kappa shape index (κ3) is 4.91. The minimum atomic E-state index is -4.88. The van der Waals surface area contributed by atoms with Crippen molar-refractivity contribution in [3.8, 4) is 0 Å². The second kappa shape index (κ2) is 9.25. The number of amides is 2. The Morgan fingerprint density at radius 1 is 1.08 bits per heavy atom. The number of hydrogen-bond acceptors (Lipinski definition) is 4. The van der Waals surface area contributed by atoms with Gasteiger partial charge in [-0.1, -0.05) is 11.6 Å². The minimum Gasteiger partial charge on any atom is -0.376 e. The predicted molar refractivity (Wildman–Crippen MR) is 129 cm³/mol. The van der Waals surface area contributed by atoms with Crippen LogP contribution in [0.15, 0.2) is 48.5 Å². The van der Waals surface area contributed by atoms with Gasteiger partial charge in [0.2, 0.25) is 0 Å². The molecule has 12 heteroatoms. The van der Waals surface area contributed by atoms with E-state index < -0.39 is 52.3 Å². The van der Waals surface area contributed by atoms with Crippen LogP contribution in [-0.2, 0) is 10.9 Å². The van der Waals surface area contributed by atoms with E-state index in [1.807, 2.05) is 6.92 Å². The van der Waals surface area contributed by atoms with Gasteiger partial charge in [0, 0.05) is 38.7 Å². The topological polar surface area (TPSA) is 79.5 Å². The highest BCUT2D eigenvalue weighted by Crippen LogP contribution is 2.42. The summed E-state index contributed by atoms with van der Waals surface area (Å²) in [7, 11) is 0. The van der Waals surface area contributed by atoms with Gasteiger partial charge >= 0.3 is 6.18 Å². The number of halogens is 6. The van der Waals surface area contributed by atoms with Gasteiger partial charge in [0.05, 0.1) is 30.4 Å². The molecule has 5 rings (SSSR count). The lowest BCUT2D eigenvalue weighted by Crippen LogP contribution is -2.53. The zero-order valence-corrected chi connectivity index (χ0v) is 20.4. The summed E-state index contributed by atoms with van der Waals surface area (Å²) in [6.45, 7) is 2.63. The molecule has 0 bridgehead atoms. The van der Waals surface area contributed by atoms with E-state index in [4.69, 9.17) is 16.3 Å². The molecule has 6 nitrogen and oxygen atoms in total. The van der Waals surface area contributed by atoms with Gasteiger partial charge in [-0.05, 0) is 55.5 Å². The Morgan fingerprint density at radius 3 is 2.47 bits per heavy atom. The zero-order chi connectivity index (χ0) is 27.4. The van der Waals surface area contributed by atoms with E-state index in [1.165, 1.54) is 12.1 Å². The standard InChI is InChI=1S/C26H19ClF5N3O3/c1-25(10-38-11-25)35-16-8-18-21(22(34-24(18)37)17-7-14(28)2-3-19(17)27)20(9-16)33-23(36)12-4-13(26(30,31)32)6-15(29)5-12/h2-9,22,35H,10-11H2,1H3,(H,33,36)(H,34,37)/t22-/m0/s1. The SMILES string of the molecule is CC1(Nc2cc(NC(=O)c3cc(F)cc(C(F)(F)F)c3)c3c(c2)C(=O)N[C@H]3c2cc(F)ccc2Cl)COC1. The lowest BCUT2D eigenvalue weighted by molar-refractivity contribution is -0.137. The molecular weight excluding hydrogens is 533 g/mol. The van der Waals surface area contributed by atoms with Crippen molar-refractivity contribution in [3.63, 3.8) is 0 Å². The number of rotatable bonds is 5. The molecule has 2 aliphatic rings. The highest BCUT2D eigenvalue weighted by atomic mass is 35.5. The van der Waals surface area contributed by atoms with Gasteiger partial charge in [0.25, 0.3) is 11.8 Å². The molecule has 3 aromatic rings. The molecule has 38 heavy (non-hydrogen) atoms. The van der Waals surface area contributed by atoms with Crippen LogP contribution < -0.4 is 16.0 Å². The van der Waals surface area contributed by atoms with Crippen molar-refractivity contribution in [2.24, 2.45) is 0 Å². The third-order valence-corrected chi connectivity index (χ3v) is 6.62. The average molecular weight is 552 g/mol. The largest absolute Gasteiger partial charge is 0.416 e. The molecule has 1 fully saturated rings. The quantitative estimate of drug-likeness (QED) is 0.344. The highest BCUT2D eigenvalue weighted by molar-refractivity contribution is 6.31. The summed E-state index contributed by atoms with van der Waals surface area (Å²) in [6.07, 6.45) is -4.88. The van der Waals surface area contributed by atoms with Gasteiger partial charge in [0.1, 0.15) is 11.6 Å². The van der Waals surface area contributed by atoms with Crippen molar-refractivity contribution in [2.45, 2.75) is 24.7 Å². The van der Waals surface area contributed by atoms with Crippen LogP contribution in [0.5, 0.6) is 0 Å². The Bertz CT molecular complexity index is 1470. The summed E-state index contributed by atoms with van der Waals surface area (Å²) >= 11 is 6.29. The molecule has 0 radical (unpaired) electrons. The van der Waals surface area contributed by atoms with Crippen LogP contribution in [0.2, 0.25) is 5.02 Å². The molecule has 0 aromatic heterocycles. The van der Waals surface area contributed by atoms with Crippen molar-refractivity contribution in [1.29, 1.82) is 0 Å². The third-order valence-electron chi connectivity index (χ3n) is 6.28. The number of alkyl halides is 3. The molecule has 1 saturated heterocycles. The molecule has 0 saturated carbocycles. The number of nitrogens with one attached hydrogen (secondary N) is 3. The first-order valence-corrected chi connectivity index (χ1v) is 11.7. The molecule has 2 heterocycles. The second-order valence-electron chi connectivity index (χ2n) is 9.42. The fourth-order valence-electron chi connectivity index (χ4n) is 4.49. The number of anilines is 2. The predicted octanol–water partition coefficient (Wildman–Crippen LogP) is 5.92. The highest BCUT2D eigenvalue weighted by Gasteiger charge is 2.38. The van der Waals surface area contributed by atoms with Crippen molar-refractivity contribution < 1.29 is 36.3 Å². The van der Waals surface area contributed by atoms with Crippen LogP contribution in [0.4, 0.5) is 33.3 Å². The first-order valence-electron chi connectivity index (χ1n) is 11.3. The van der Waals surface area contributed by atoms with Crippen molar-refractivity contribution in [2.75, 3.05) is 23.8 Å². The summed E-state index contributed by atoms with van der Waals surface area (Å²) in [5.74, 6) is -3.45. The van der Waals surface area contributed by atoms with E-state index >= 15 is 0 Å². The zero-order valence-electron chi connectivity index (χ0n) is 19.6. The van der Waals surface area contributed by atoms with E-state index in [1.54, 1.807) is 6.07 Å².